The van der Waals surface area contributed by atoms with E-state index in [0.717, 1.165) is 11.1 Å². The molecular formula is C10H17N3O2S. The zero-order chi connectivity index (χ0) is 12.3. The average molecular weight is 243 g/mol. The summed E-state index contributed by atoms with van der Waals surface area (Å²) in [6.45, 7) is 5.87. The maximum atomic E-state index is 11.5. The van der Waals surface area contributed by atoms with Crippen LogP contribution in [0.5, 0.6) is 0 Å². The molecule has 0 aromatic heterocycles. The van der Waals surface area contributed by atoms with Crippen molar-refractivity contribution in [2.24, 2.45) is 0 Å². The van der Waals surface area contributed by atoms with Crippen molar-refractivity contribution in [2.45, 2.75) is 20.8 Å². The first kappa shape index (κ1) is 12.8. The highest BCUT2D eigenvalue weighted by Crippen LogP contribution is 2.23. The second kappa shape index (κ2) is 4.71. The Morgan fingerprint density at radius 2 is 1.81 bits per heavy atom. The van der Waals surface area contributed by atoms with Crippen LogP contribution in [0.15, 0.2) is 12.1 Å². The molecule has 0 unspecified atom stereocenters. The van der Waals surface area contributed by atoms with Gasteiger partial charge in [-0.1, -0.05) is 6.92 Å². The Morgan fingerprint density at radius 3 is 2.38 bits per heavy atom. The molecule has 0 fully saturated rings. The average Bonchev–Trinajstić information content (AvgIpc) is 2.13. The van der Waals surface area contributed by atoms with Crippen LogP contribution in [0.2, 0.25) is 0 Å². The van der Waals surface area contributed by atoms with E-state index in [2.05, 4.69) is 9.44 Å². The quantitative estimate of drug-likeness (QED) is 0.694. The number of nitrogens with one attached hydrogen (secondary N) is 2. The van der Waals surface area contributed by atoms with E-state index in [1.165, 1.54) is 0 Å². The molecule has 0 saturated heterocycles. The molecule has 0 bridgehead atoms. The predicted octanol–water partition coefficient (Wildman–Crippen LogP) is 1.15. The summed E-state index contributed by atoms with van der Waals surface area (Å²) in [7, 11) is -3.52. The zero-order valence-corrected chi connectivity index (χ0v) is 10.5. The Balaban J connectivity index is 3.03. The van der Waals surface area contributed by atoms with Gasteiger partial charge in [0.15, 0.2) is 0 Å². The summed E-state index contributed by atoms with van der Waals surface area (Å²) >= 11 is 0. The number of hydrogen-bond donors (Lipinski definition) is 3. The fourth-order valence-electron chi connectivity index (χ4n) is 1.30. The van der Waals surface area contributed by atoms with E-state index in [0.29, 0.717) is 17.9 Å². The SMILES string of the molecule is CCNS(=O)(=O)Nc1cc(C)c(C)cc1N. The molecule has 0 atom stereocenters. The highest BCUT2D eigenvalue weighted by molar-refractivity contribution is 7.90. The highest BCUT2D eigenvalue weighted by Gasteiger charge is 2.10. The topological polar surface area (TPSA) is 84.2 Å². The van der Waals surface area contributed by atoms with Crippen LogP contribution in [0.4, 0.5) is 11.4 Å². The summed E-state index contributed by atoms with van der Waals surface area (Å²) in [6.07, 6.45) is 0. The lowest BCUT2D eigenvalue weighted by Crippen LogP contribution is -2.30. The molecular weight excluding hydrogens is 226 g/mol. The third-order valence-corrected chi connectivity index (χ3v) is 3.40. The van der Waals surface area contributed by atoms with Gasteiger partial charge in [-0.25, -0.2) is 0 Å². The second-order valence-electron chi connectivity index (χ2n) is 3.63. The maximum absolute atomic E-state index is 11.5. The molecule has 4 N–H and O–H groups in total. The molecule has 6 heteroatoms. The van der Waals surface area contributed by atoms with Crippen LogP contribution in [0, 0.1) is 13.8 Å². The second-order valence-corrected chi connectivity index (χ2v) is 5.13. The minimum atomic E-state index is -3.52. The normalized spacial score (nSPS) is 11.4. The highest BCUT2D eigenvalue weighted by atomic mass is 32.2. The third kappa shape index (κ3) is 3.11. The van der Waals surface area contributed by atoms with Gasteiger partial charge < -0.3 is 5.73 Å². The van der Waals surface area contributed by atoms with E-state index >= 15 is 0 Å². The van der Waals surface area contributed by atoms with Crippen LogP contribution in [0.1, 0.15) is 18.1 Å². The molecule has 0 saturated carbocycles. The van der Waals surface area contributed by atoms with E-state index in [1.54, 1.807) is 19.1 Å². The number of rotatable bonds is 4. The van der Waals surface area contributed by atoms with Gasteiger partial charge in [-0.05, 0) is 37.1 Å². The Kier molecular flexibility index (Phi) is 3.77. The number of anilines is 2. The van der Waals surface area contributed by atoms with Crippen LogP contribution in [-0.4, -0.2) is 15.0 Å². The van der Waals surface area contributed by atoms with Crippen LogP contribution in [-0.2, 0) is 10.2 Å². The fourth-order valence-corrected chi connectivity index (χ4v) is 2.22. The van der Waals surface area contributed by atoms with Gasteiger partial charge in [0.05, 0.1) is 11.4 Å². The monoisotopic (exact) mass is 243 g/mol. The molecule has 0 radical (unpaired) electrons. The van der Waals surface area contributed by atoms with E-state index in [1.807, 2.05) is 13.8 Å². The van der Waals surface area contributed by atoms with Gasteiger partial charge in [-0.15, -0.1) is 0 Å². The van der Waals surface area contributed by atoms with Crippen LogP contribution in [0.3, 0.4) is 0 Å². The van der Waals surface area contributed by atoms with Gasteiger partial charge in [0.1, 0.15) is 0 Å². The standard InChI is InChI=1S/C10H17N3O2S/c1-4-12-16(14,15)13-10-6-8(3)7(2)5-9(10)11/h5-6,12-13H,4,11H2,1-3H3. The van der Waals surface area contributed by atoms with Crippen LogP contribution in [0.25, 0.3) is 0 Å². The summed E-state index contributed by atoms with van der Waals surface area (Å²) in [6, 6.07) is 3.47. The van der Waals surface area contributed by atoms with E-state index in [9.17, 15) is 8.42 Å². The molecule has 5 nitrogen and oxygen atoms in total. The predicted molar refractivity (Wildman–Crippen MR) is 66.5 cm³/mol. The smallest absolute Gasteiger partial charge is 0.299 e. The Bertz CT molecular complexity index is 483. The molecule has 0 amide bonds. The molecule has 90 valence electrons. The molecule has 16 heavy (non-hydrogen) atoms. The molecule has 0 aliphatic heterocycles. The number of aryl methyl sites for hydroxylation is 2. The largest absolute Gasteiger partial charge is 0.397 e. The summed E-state index contributed by atoms with van der Waals surface area (Å²) in [4.78, 5) is 0. The third-order valence-electron chi connectivity index (χ3n) is 2.24. The Hall–Kier alpha value is -1.27. The first-order valence-electron chi connectivity index (χ1n) is 5.00. The zero-order valence-electron chi connectivity index (χ0n) is 9.66. The van der Waals surface area contributed by atoms with Crippen molar-refractivity contribution >= 4 is 21.6 Å². The Morgan fingerprint density at radius 1 is 1.25 bits per heavy atom. The minimum absolute atomic E-state index is 0.333. The number of benzene rings is 1. The fraction of sp³-hybridized carbons (Fsp3) is 0.400. The summed E-state index contributed by atoms with van der Waals surface area (Å²) in [5.74, 6) is 0. The van der Waals surface area contributed by atoms with Gasteiger partial charge in [-0.2, -0.15) is 13.1 Å². The van der Waals surface area contributed by atoms with Gasteiger partial charge >= 0.3 is 0 Å². The van der Waals surface area contributed by atoms with E-state index in [4.69, 9.17) is 5.73 Å². The van der Waals surface area contributed by atoms with Crippen molar-refractivity contribution in [2.75, 3.05) is 17.0 Å². The summed E-state index contributed by atoms with van der Waals surface area (Å²) < 4.78 is 27.7. The van der Waals surface area contributed by atoms with Crippen molar-refractivity contribution in [3.8, 4) is 0 Å². The van der Waals surface area contributed by atoms with E-state index in [-0.39, 0.29) is 0 Å². The molecule has 0 aliphatic rings. The van der Waals surface area contributed by atoms with E-state index < -0.39 is 10.2 Å². The number of nitrogen functional groups attached to an aromatic ring is 1. The van der Waals surface area contributed by atoms with Gasteiger partial charge in [-0.3, -0.25) is 4.72 Å². The van der Waals surface area contributed by atoms with Crippen LogP contribution < -0.4 is 15.2 Å². The summed E-state index contributed by atoms with van der Waals surface area (Å²) in [5, 5.41) is 0. The van der Waals surface area contributed by atoms with Crippen LogP contribution >= 0.6 is 0 Å². The number of hydrogen-bond acceptors (Lipinski definition) is 3. The molecule has 1 aromatic carbocycles. The number of nitrogens with two attached hydrogens (primary N) is 1. The van der Waals surface area contributed by atoms with Gasteiger partial charge in [0, 0.05) is 6.54 Å². The lowest BCUT2D eigenvalue weighted by atomic mass is 10.1. The molecule has 0 aliphatic carbocycles. The molecule has 0 heterocycles. The van der Waals surface area contributed by atoms with Crippen molar-refractivity contribution in [1.82, 2.24) is 4.72 Å². The summed E-state index contributed by atoms with van der Waals surface area (Å²) in [5.41, 5.74) is 8.59. The first-order valence-corrected chi connectivity index (χ1v) is 6.48. The molecule has 0 spiro atoms. The van der Waals surface area contributed by atoms with Crippen molar-refractivity contribution in [3.05, 3.63) is 23.3 Å². The lowest BCUT2D eigenvalue weighted by molar-refractivity contribution is 0.589. The van der Waals surface area contributed by atoms with Crippen molar-refractivity contribution in [3.63, 3.8) is 0 Å². The molecule has 1 rings (SSSR count). The van der Waals surface area contributed by atoms with Gasteiger partial charge in [0.2, 0.25) is 0 Å². The van der Waals surface area contributed by atoms with Gasteiger partial charge in [0.25, 0.3) is 10.2 Å². The van der Waals surface area contributed by atoms with Crippen molar-refractivity contribution in [1.29, 1.82) is 0 Å². The minimum Gasteiger partial charge on any atom is -0.397 e. The first-order chi connectivity index (χ1) is 7.35. The maximum Gasteiger partial charge on any atom is 0.299 e. The lowest BCUT2D eigenvalue weighted by Gasteiger charge is -2.12. The Labute approximate surface area is 96.2 Å². The molecule has 1 aromatic rings. The van der Waals surface area contributed by atoms with Crippen molar-refractivity contribution < 1.29 is 8.42 Å².